The summed E-state index contributed by atoms with van der Waals surface area (Å²) in [6, 6.07) is 15.0. The maximum Gasteiger partial charge on any atom is 0.0561 e. The molecule has 0 bridgehead atoms. The molecule has 2 heteroatoms. The molecule has 0 atom stereocenters. The van der Waals surface area contributed by atoms with E-state index >= 15 is 0 Å². The second-order valence-electron chi connectivity index (χ2n) is 4.60. The molecule has 0 saturated heterocycles. The second kappa shape index (κ2) is 4.11. The maximum absolute atomic E-state index is 3.57. The van der Waals surface area contributed by atoms with Crippen molar-refractivity contribution in [3.05, 3.63) is 48.0 Å². The largest absolute Gasteiger partial charge is 0.353 e. The summed E-state index contributed by atoms with van der Waals surface area (Å²) in [6.45, 7) is 4.48. The normalized spacial score (nSPS) is 12.9. The lowest BCUT2D eigenvalue weighted by atomic mass is 10.0. The molecule has 0 radical (unpaired) electrons. The van der Waals surface area contributed by atoms with Crippen LogP contribution in [0.5, 0.6) is 0 Å². The van der Waals surface area contributed by atoms with E-state index in [1.165, 1.54) is 26.7 Å². The lowest BCUT2D eigenvalue weighted by molar-refractivity contribution is 0.864. The van der Waals surface area contributed by atoms with Crippen LogP contribution >= 0.6 is 11.8 Å². The van der Waals surface area contributed by atoms with E-state index in [1.807, 2.05) is 11.8 Å². The van der Waals surface area contributed by atoms with Gasteiger partial charge >= 0.3 is 0 Å². The van der Waals surface area contributed by atoms with Gasteiger partial charge in [0.1, 0.15) is 0 Å². The van der Waals surface area contributed by atoms with Gasteiger partial charge in [-0.15, -0.1) is 0 Å². The molecule has 1 nitrogen and oxygen atoms in total. The van der Waals surface area contributed by atoms with Crippen LogP contribution in [-0.2, 0) is 0 Å². The third kappa shape index (κ3) is 1.83. The highest BCUT2D eigenvalue weighted by Gasteiger charge is 2.18. The smallest absolute Gasteiger partial charge is 0.0561 e. The number of rotatable bonds is 1. The number of hydrogen-bond donors (Lipinski definition) is 1. The molecule has 0 saturated carbocycles. The number of nitrogens with one attached hydrogen (secondary N) is 1. The van der Waals surface area contributed by atoms with E-state index in [9.17, 15) is 0 Å². The van der Waals surface area contributed by atoms with Crippen molar-refractivity contribution in [3.8, 4) is 0 Å². The van der Waals surface area contributed by atoms with E-state index in [2.05, 4.69) is 61.6 Å². The van der Waals surface area contributed by atoms with Gasteiger partial charge in [-0.05, 0) is 29.7 Å². The maximum atomic E-state index is 3.57. The Morgan fingerprint density at radius 1 is 0.941 bits per heavy atom. The molecule has 0 aromatic heterocycles. The Bertz CT molecular complexity index is 561. The first-order chi connectivity index (χ1) is 8.25. The van der Waals surface area contributed by atoms with Crippen LogP contribution in [-0.4, -0.2) is 0 Å². The third-order valence-electron chi connectivity index (χ3n) is 3.05. The van der Waals surface area contributed by atoms with Gasteiger partial charge in [0, 0.05) is 9.79 Å². The van der Waals surface area contributed by atoms with Crippen molar-refractivity contribution in [1.82, 2.24) is 0 Å². The number of hydrogen-bond acceptors (Lipinski definition) is 2. The van der Waals surface area contributed by atoms with E-state index in [4.69, 9.17) is 0 Å². The zero-order valence-corrected chi connectivity index (χ0v) is 10.8. The van der Waals surface area contributed by atoms with Crippen LogP contribution in [0.15, 0.2) is 52.3 Å². The van der Waals surface area contributed by atoms with E-state index in [0.29, 0.717) is 5.92 Å². The summed E-state index contributed by atoms with van der Waals surface area (Å²) >= 11 is 1.85. The van der Waals surface area contributed by atoms with Crippen LogP contribution < -0.4 is 5.32 Å². The van der Waals surface area contributed by atoms with Gasteiger partial charge < -0.3 is 5.32 Å². The van der Waals surface area contributed by atoms with Gasteiger partial charge in [0.15, 0.2) is 0 Å². The van der Waals surface area contributed by atoms with Crippen LogP contribution in [0.2, 0.25) is 0 Å². The van der Waals surface area contributed by atoms with Crippen LogP contribution in [0.3, 0.4) is 0 Å². The van der Waals surface area contributed by atoms with Crippen molar-refractivity contribution in [2.24, 2.45) is 0 Å². The van der Waals surface area contributed by atoms with Gasteiger partial charge in [0.2, 0.25) is 0 Å². The molecule has 0 unspecified atom stereocenters. The molecular weight excluding hydrogens is 226 g/mol. The first kappa shape index (κ1) is 10.7. The fourth-order valence-electron chi connectivity index (χ4n) is 2.16. The molecule has 0 aliphatic carbocycles. The molecule has 0 fully saturated rings. The monoisotopic (exact) mass is 241 g/mol. The molecule has 86 valence electrons. The molecule has 0 spiro atoms. The molecule has 3 rings (SSSR count). The minimum absolute atomic E-state index is 0.545. The SMILES string of the molecule is CC(C)c1cccc2c1Nc1ccccc1S2. The van der Waals surface area contributed by atoms with E-state index in [1.54, 1.807) is 0 Å². The second-order valence-corrected chi connectivity index (χ2v) is 5.68. The van der Waals surface area contributed by atoms with Crippen LogP contribution in [0, 0.1) is 0 Å². The molecule has 2 aromatic carbocycles. The Morgan fingerprint density at radius 3 is 2.53 bits per heavy atom. The third-order valence-corrected chi connectivity index (χ3v) is 4.18. The summed E-state index contributed by atoms with van der Waals surface area (Å²) in [6.07, 6.45) is 0. The summed E-state index contributed by atoms with van der Waals surface area (Å²) in [7, 11) is 0. The highest BCUT2D eigenvalue weighted by Crippen LogP contribution is 2.46. The highest BCUT2D eigenvalue weighted by molar-refractivity contribution is 7.99. The Labute approximate surface area is 106 Å². The summed E-state index contributed by atoms with van der Waals surface area (Å²) in [4.78, 5) is 2.64. The van der Waals surface area contributed by atoms with Crippen molar-refractivity contribution in [2.75, 3.05) is 5.32 Å². The van der Waals surface area contributed by atoms with Crippen LogP contribution in [0.4, 0.5) is 11.4 Å². The van der Waals surface area contributed by atoms with Gasteiger partial charge in [-0.1, -0.05) is 49.9 Å². The van der Waals surface area contributed by atoms with Gasteiger partial charge in [0.25, 0.3) is 0 Å². The Morgan fingerprint density at radius 2 is 1.71 bits per heavy atom. The van der Waals surface area contributed by atoms with E-state index < -0.39 is 0 Å². The summed E-state index contributed by atoms with van der Waals surface area (Å²) < 4.78 is 0. The predicted octanol–water partition coefficient (Wildman–Crippen LogP) is 5.02. The van der Waals surface area contributed by atoms with Gasteiger partial charge in [-0.2, -0.15) is 0 Å². The van der Waals surface area contributed by atoms with E-state index in [-0.39, 0.29) is 0 Å². The Balaban J connectivity index is 2.12. The molecule has 1 aliphatic heterocycles. The Kier molecular flexibility index (Phi) is 2.60. The van der Waals surface area contributed by atoms with Crippen molar-refractivity contribution in [1.29, 1.82) is 0 Å². The number of benzene rings is 2. The molecule has 2 aromatic rings. The fourth-order valence-corrected chi connectivity index (χ4v) is 3.19. The molecule has 1 N–H and O–H groups in total. The predicted molar refractivity (Wildman–Crippen MR) is 74.4 cm³/mol. The Hall–Kier alpha value is -1.41. The lowest BCUT2D eigenvalue weighted by Crippen LogP contribution is -2.04. The first-order valence-electron chi connectivity index (χ1n) is 5.92. The highest BCUT2D eigenvalue weighted by atomic mass is 32.2. The molecule has 1 heterocycles. The van der Waals surface area contributed by atoms with Gasteiger partial charge in [-0.25, -0.2) is 0 Å². The zero-order chi connectivity index (χ0) is 11.8. The van der Waals surface area contributed by atoms with Crippen LogP contribution in [0.1, 0.15) is 25.3 Å². The molecule has 1 aliphatic rings. The molecular formula is C15H15NS. The van der Waals surface area contributed by atoms with E-state index in [0.717, 1.165) is 0 Å². The number of para-hydroxylation sites is 2. The molecule has 0 amide bonds. The first-order valence-corrected chi connectivity index (χ1v) is 6.74. The minimum Gasteiger partial charge on any atom is -0.353 e. The van der Waals surface area contributed by atoms with Crippen molar-refractivity contribution >= 4 is 23.1 Å². The summed E-state index contributed by atoms with van der Waals surface area (Å²) in [5.74, 6) is 0.545. The topological polar surface area (TPSA) is 12.0 Å². The van der Waals surface area contributed by atoms with Gasteiger partial charge in [-0.3, -0.25) is 0 Å². The van der Waals surface area contributed by atoms with Crippen LogP contribution in [0.25, 0.3) is 0 Å². The minimum atomic E-state index is 0.545. The van der Waals surface area contributed by atoms with Crippen molar-refractivity contribution in [2.45, 2.75) is 29.6 Å². The standard InChI is InChI=1S/C15H15NS/c1-10(2)11-6-5-9-14-15(11)16-12-7-3-4-8-13(12)17-14/h3-10,16H,1-2H3. The number of anilines is 2. The average molecular weight is 241 g/mol. The molecule has 17 heavy (non-hydrogen) atoms. The lowest BCUT2D eigenvalue weighted by Gasteiger charge is -2.24. The summed E-state index contributed by atoms with van der Waals surface area (Å²) in [5.41, 5.74) is 3.90. The quantitative estimate of drug-likeness (QED) is 0.642. The van der Waals surface area contributed by atoms with Crippen molar-refractivity contribution in [3.63, 3.8) is 0 Å². The van der Waals surface area contributed by atoms with Crippen molar-refractivity contribution < 1.29 is 0 Å². The summed E-state index contributed by atoms with van der Waals surface area (Å²) in [5, 5.41) is 3.57. The van der Waals surface area contributed by atoms with Gasteiger partial charge in [0.05, 0.1) is 11.4 Å². The average Bonchev–Trinajstić information content (AvgIpc) is 2.35. The number of fused-ring (bicyclic) bond motifs is 2. The zero-order valence-electron chi connectivity index (χ0n) is 10.0. The fraction of sp³-hybridized carbons (Fsp3) is 0.200.